The Balaban J connectivity index is 1.50. The summed E-state index contributed by atoms with van der Waals surface area (Å²) < 4.78 is 2.20. The predicted octanol–water partition coefficient (Wildman–Crippen LogP) is 3.44. The van der Waals surface area contributed by atoms with Gasteiger partial charge in [0.25, 0.3) is 0 Å². The number of hydrogen-bond donors (Lipinski definition) is 1. The van der Waals surface area contributed by atoms with Gasteiger partial charge >= 0.3 is 6.03 Å². The van der Waals surface area contributed by atoms with Crippen molar-refractivity contribution >= 4 is 11.7 Å². The monoisotopic (exact) mass is 312 g/mol. The van der Waals surface area contributed by atoms with Crippen LogP contribution in [-0.4, -0.2) is 33.6 Å². The highest BCUT2D eigenvalue weighted by atomic mass is 16.2. The maximum Gasteiger partial charge on any atom is 0.321 e. The second-order valence-corrected chi connectivity index (χ2v) is 6.36. The van der Waals surface area contributed by atoms with Crippen molar-refractivity contribution < 1.29 is 4.79 Å². The van der Waals surface area contributed by atoms with E-state index in [-0.39, 0.29) is 6.03 Å². The van der Waals surface area contributed by atoms with Crippen molar-refractivity contribution in [3.8, 4) is 0 Å². The average Bonchev–Trinajstić information content (AvgIpc) is 2.93. The summed E-state index contributed by atoms with van der Waals surface area (Å²) in [5, 5.41) is 2.99. The van der Waals surface area contributed by atoms with E-state index < -0.39 is 0 Å². The van der Waals surface area contributed by atoms with Crippen LogP contribution in [0, 0.1) is 19.8 Å². The molecule has 0 unspecified atom stereocenters. The lowest BCUT2D eigenvalue weighted by atomic mass is 9.97. The van der Waals surface area contributed by atoms with Crippen molar-refractivity contribution in [1.29, 1.82) is 0 Å². The summed E-state index contributed by atoms with van der Waals surface area (Å²) in [6, 6.07) is 7.92. The summed E-state index contributed by atoms with van der Waals surface area (Å²) >= 11 is 0. The van der Waals surface area contributed by atoms with Crippen LogP contribution in [0.5, 0.6) is 0 Å². The molecule has 1 aliphatic heterocycles. The Morgan fingerprint density at radius 1 is 1.30 bits per heavy atom. The topological polar surface area (TPSA) is 50.2 Å². The number of rotatable bonds is 3. The first-order valence-corrected chi connectivity index (χ1v) is 8.22. The largest absolute Gasteiger partial charge is 0.335 e. The third-order valence-corrected chi connectivity index (χ3v) is 4.55. The number of urea groups is 1. The quantitative estimate of drug-likeness (QED) is 0.944. The van der Waals surface area contributed by atoms with Crippen molar-refractivity contribution in [2.45, 2.75) is 33.2 Å². The molecule has 3 rings (SSSR count). The van der Waals surface area contributed by atoms with Crippen molar-refractivity contribution in [3.05, 3.63) is 48.0 Å². The Morgan fingerprint density at radius 2 is 2.09 bits per heavy atom. The van der Waals surface area contributed by atoms with Gasteiger partial charge in [-0.15, -0.1) is 0 Å². The molecule has 5 heteroatoms. The van der Waals surface area contributed by atoms with Crippen LogP contribution in [0.1, 0.15) is 24.2 Å². The zero-order chi connectivity index (χ0) is 16.2. The molecule has 23 heavy (non-hydrogen) atoms. The third-order valence-electron chi connectivity index (χ3n) is 4.55. The van der Waals surface area contributed by atoms with Crippen LogP contribution in [0.3, 0.4) is 0 Å². The van der Waals surface area contributed by atoms with E-state index in [1.165, 1.54) is 0 Å². The summed E-state index contributed by atoms with van der Waals surface area (Å²) in [6.45, 7) is 6.69. The molecule has 0 aliphatic carbocycles. The van der Waals surface area contributed by atoms with Gasteiger partial charge in [-0.1, -0.05) is 12.1 Å². The van der Waals surface area contributed by atoms with E-state index in [0.717, 1.165) is 49.6 Å². The second kappa shape index (κ2) is 6.86. The number of hydrogen-bond acceptors (Lipinski definition) is 2. The molecule has 1 aliphatic rings. The van der Waals surface area contributed by atoms with E-state index in [9.17, 15) is 4.79 Å². The van der Waals surface area contributed by atoms with Gasteiger partial charge in [0.05, 0.1) is 0 Å². The summed E-state index contributed by atoms with van der Waals surface area (Å²) in [5.74, 6) is 1.68. The highest BCUT2D eigenvalue weighted by molar-refractivity contribution is 5.89. The SMILES string of the molecule is Cc1cccc(NC(=O)N2CCC(Cn3ccnc3C)CC2)c1. The number of aromatic nitrogens is 2. The molecule has 0 spiro atoms. The fourth-order valence-corrected chi connectivity index (χ4v) is 3.12. The lowest BCUT2D eigenvalue weighted by Crippen LogP contribution is -2.41. The summed E-state index contributed by atoms with van der Waals surface area (Å²) in [4.78, 5) is 18.5. The molecular weight excluding hydrogens is 288 g/mol. The van der Waals surface area contributed by atoms with Crippen molar-refractivity contribution in [3.63, 3.8) is 0 Å². The van der Waals surface area contributed by atoms with Crippen LogP contribution in [-0.2, 0) is 6.54 Å². The van der Waals surface area contributed by atoms with E-state index in [1.807, 2.05) is 55.4 Å². The summed E-state index contributed by atoms with van der Waals surface area (Å²) in [6.07, 6.45) is 5.96. The van der Waals surface area contributed by atoms with Gasteiger partial charge in [0.2, 0.25) is 0 Å². The summed E-state index contributed by atoms with van der Waals surface area (Å²) in [7, 11) is 0. The van der Waals surface area contributed by atoms with E-state index in [2.05, 4.69) is 14.9 Å². The van der Waals surface area contributed by atoms with Crippen molar-refractivity contribution in [2.75, 3.05) is 18.4 Å². The number of aryl methyl sites for hydroxylation is 2. The lowest BCUT2D eigenvalue weighted by molar-refractivity contribution is 0.176. The molecule has 2 heterocycles. The minimum atomic E-state index is 0.00728. The number of benzene rings is 1. The minimum Gasteiger partial charge on any atom is -0.335 e. The maximum absolute atomic E-state index is 12.4. The molecule has 2 aromatic rings. The molecule has 0 bridgehead atoms. The number of likely N-dealkylation sites (tertiary alicyclic amines) is 1. The molecule has 0 saturated carbocycles. The molecule has 1 saturated heterocycles. The first kappa shape index (κ1) is 15.6. The van der Waals surface area contributed by atoms with E-state index in [4.69, 9.17) is 0 Å². The van der Waals surface area contributed by atoms with Gasteiger partial charge in [-0.05, 0) is 50.3 Å². The summed E-state index contributed by atoms with van der Waals surface area (Å²) in [5.41, 5.74) is 2.02. The van der Waals surface area contributed by atoms with E-state index >= 15 is 0 Å². The molecule has 1 aromatic carbocycles. The van der Waals surface area contributed by atoms with Crippen LogP contribution < -0.4 is 5.32 Å². The van der Waals surface area contributed by atoms with Crippen molar-refractivity contribution in [2.24, 2.45) is 5.92 Å². The number of imidazole rings is 1. The minimum absolute atomic E-state index is 0.00728. The highest BCUT2D eigenvalue weighted by Gasteiger charge is 2.23. The van der Waals surface area contributed by atoms with E-state index in [1.54, 1.807) is 0 Å². The van der Waals surface area contributed by atoms with Crippen LogP contribution in [0.2, 0.25) is 0 Å². The fraction of sp³-hybridized carbons (Fsp3) is 0.444. The normalized spacial score (nSPS) is 15.7. The number of piperidine rings is 1. The van der Waals surface area contributed by atoms with Crippen molar-refractivity contribution in [1.82, 2.24) is 14.5 Å². The molecule has 1 aromatic heterocycles. The van der Waals surface area contributed by atoms with Gasteiger partial charge in [-0.2, -0.15) is 0 Å². The number of nitrogens with zero attached hydrogens (tertiary/aromatic N) is 3. The Bertz CT molecular complexity index is 671. The van der Waals surface area contributed by atoms with Gasteiger partial charge in [-0.25, -0.2) is 9.78 Å². The van der Waals surface area contributed by atoms with Crippen LogP contribution in [0.15, 0.2) is 36.7 Å². The number of carbonyl (C=O) groups is 1. The maximum atomic E-state index is 12.4. The smallest absolute Gasteiger partial charge is 0.321 e. The van der Waals surface area contributed by atoms with Gasteiger partial charge < -0.3 is 14.8 Å². The Labute approximate surface area is 137 Å². The number of amides is 2. The molecular formula is C18H24N4O. The molecule has 1 N–H and O–H groups in total. The highest BCUT2D eigenvalue weighted by Crippen LogP contribution is 2.20. The molecule has 1 fully saturated rings. The molecule has 0 atom stereocenters. The van der Waals surface area contributed by atoms with Crippen LogP contribution >= 0.6 is 0 Å². The Hall–Kier alpha value is -2.30. The van der Waals surface area contributed by atoms with Gasteiger partial charge in [0.1, 0.15) is 5.82 Å². The van der Waals surface area contributed by atoms with Gasteiger partial charge in [0.15, 0.2) is 0 Å². The zero-order valence-electron chi connectivity index (χ0n) is 13.8. The standard InChI is InChI=1S/C18H24N4O/c1-14-4-3-5-17(12-14)20-18(23)21-9-6-16(7-10-21)13-22-11-8-19-15(22)2/h3-5,8,11-12,16H,6-7,9-10,13H2,1-2H3,(H,20,23). The lowest BCUT2D eigenvalue weighted by Gasteiger charge is -2.32. The number of nitrogens with one attached hydrogen (secondary N) is 1. The Kier molecular flexibility index (Phi) is 4.65. The van der Waals surface area contributed by atoms with Gasteiger partial charge in [-0.3, -0.25) is 0 Å². The first-order chi connectivity index (χ1) is 11.1. The average molecular weight is 312 g/mol. The number of carbonyl (C=O) groups excluding carboxylic acids is 1. The molecule has 2 amide bonds. The zero-order valence-corrected chi connectivity index (χ0v) is 13.8. The predicted molar refractivity (Wildman–Crippen MR) is 91.5 cm³/mol. The van der Waals surface area contributed by atoms with E-state index in [0.29, 0.717) is 5.92 Å². The van der Waals surface area contributed by atoms with Crippen LogP contribution in [0.25, 0.3) is 0 Å². The second-order valence-electron chi connectivity index (χ2n) is 6.36. The Morgan fingerprint density at radius 3 is 2.74 bits per heavy atom. The van der Waals surface area contributed by atoms with Gasteiger partial charge in [0, 0.05) is 37.7 Å². The fourth-order valence-electron chi connectivity index (χ4n) is 3.12. The molecule has 5 nitrogen and oxygen atoms in total. The third kappa shape index (κ3) is 3.92. The van der Waals surface area contributed by atoms with Crippen LogP contribution in [0.4, 0.5) is 10.5 Å². The first-order valence-electron chi connectivity index (χ1n) is 8.22. The molecule has 0 radical (unpaired) electrons. The number of anilines is 1. The molecule has 122 valence electrons.